The molecule has 0 saturated carbocycles. The maximum absolute atomic E-state index is 14.2. The van der Waals surface area contributed by atoms with Crippen molar-refractivity contribution in [1.29, 1.82) is 0 Å². The lowest BCUT2D eigenvalue weighted by molar-refractivity contribution is -0.137. The third kappa shape index (κ3) is 4.70. The van der Waals surface area contributed by atoms with Crippen molar-refractivity contribution >= 4 is 24.0 Å². The number of nitrogens with one attached hydrogen (secondary N) is 1. The molecular formula is C14H17Cl2F5N2O. The maximum Gasteiger partial charge on any atom is 0.417 e. The van der Waals surface area contributed by atoms with Gasteiger partial charge in [0.1, 0.15) is 12.6 Å². The van der Waals surface area contributed by atoms with E-state index < -0.39 is 35.3 Å². The second kappa shape index (κ2) is 8.14. The van der Waals surface area contributed by atoms with Crippen LogP contribution in [0.25, 0.3) is 0 Å². The lowest BCUT2D eigenvalue weighted by Gasteiger charge is -2.38. The quantitative estimate of drug-likeness (QED) is 0.768. The Morgan fingerprint density at radius 2 is 1.75 bits per heavy atom. The molecule has 0 radical (unpaired) electrons. The van der Waals surface area contributed by atoms with Crippen LogP contribution < -0.4 is 5.32 Å². The van der Waals surface area contributed by atoms with Crippen molar-refractivity contribution < 1.29 is 27.1 Å². The molecule has 1 fully saturated rings. The number of hydrogen-bond acceptors (Lipinski definition) is 3. The molecule has 1 aromatic carbocycles. The van der Waals surface area contributed by atoms with Gasteiger partial charge >= 0.3 is 6.18 Å². The summed E-state index contributed by atoms with van der Waals surface area (Å²) in [5.74, 6) is -3.50. The van der Waals surface area contributed by atoms with Crippen LogP contribution in [0.3, 0.4) is 0 Å². The minimum atomic E-state index is -4.65. The van der Waals surface area contributed by atoms with E-state index in [-0.39, 0.29) is 18.0 Å². The summed E-state index contributed by atoms with van der Waals surface area (Å²) in [6.07, 6.45) is -4.65. The molecule has 0 amide bonds. The van der Waals surface area contributed by atoms with Crippen LogP contribution in [0.15, 0.2) is 18.2 Å². The van der Waals surface area contributed by atoms with E-state index in [0.29, 0.717) is 32.2 Å². The first kappa shape index (κ1) is 21.4. The summed E-state index contributed by atoms with van der Waals surface area (Å²) in [7, 11) is 0. The van der Waals surface area contributed by atoms with E-state index in [1.165, 1.54) is 4.90 Å². The molecule has 138 valence electrons. The Kier molecular flexibility index (Phi) is 7.25. The van der Waals surface area contributed by atoms with Crippen molar-refractivity contribution in [3.8, 4) is 0 Å². The first-order chi connectivity index (χ1) is 10.7. The fourth-order valence-electron chi connectivity index (χ4n) is 2.68. The van der Waals surface area contributed by atoms with Gasteiger partial charge < -0.3 is 10.4 Å². The first-order valence-electron chi connectivity index (χ1n) is 6.97. The third-order valence-corrected chi connectivity index (χ3v) is 4.05. The molecule has 1 aromatic rings. The van der Waals surface area contributed by atoms with Gasteiger partial charge in [-0.25, -0.2) is 8.78 Å². The third-order valence-electron chi connectivity index (χ3n) is 3.74. The highest BCUT2D eigenvalue weighted by Gasteiger charge is 2.44. The molecule has 1 saturated heterocycles. The second-order valence-electron chi connectivity index (χ2n) is 5.34. The molecule has 0 aliphatic carbocycles. The lowest BCUT2D eigenvalue weighted by atomic mass is 9.97. The number of hydrogen-bond donors (Lipinski definition) is 2. The van der Waals surface area contributed by atoms with E-state index in [9.17, 15) is 22.0 Å². The number of alkyl halides is 5. The molecule has 0 spiro atoms. The largest absolute Gasteiger partial charge is 0.417 e. The summed E-state index contributed by atoms with van der Waals surface area (Å²) < 4.78 is 66.6. The van der Waals surface area contributed by atoms with Crippen LogP contribution in [-0.2, 0) is 6.18 Å². The number of aliphatic hydroxyl groups is 1. The van der Waals surface area contributed by atoms with Crippen molar-refractivity contribution in [2.24, 2.45) is 0 Å². The lowest BCUT2D eigenvalue weighted by Crippen LogP contribution is -2.51. The summed E-state index contributed by atoms with van der Waals surface area (Å²) in [5, 5.41) is 11.4. The van der Waals surface area contributed by atoms with Gasteiger partial charge in [-0.15, -0.1) is 12.4 Å². The van der Waals surface area contributed by atoms with Crippen LogP contribution in [0.2, 0.25) is 5.02 Å². The van der Waals surface area contributed by atoms with E-state index in [1.807, 2.05) is 0 Å². The number of benzene rings is 1. The minimum absolute atomic E-state index is 0. The average Bonchev–Trinajstić information content (AvgIpc) is 2.47. The van der Waals surface area contributed by atoms with E-state index in [0.717, 1.165) is 12.1 Å². The van der Waals surface area contributed by atoms with E-state index in [1.54, 1.807) is 0 Å². The van der Waals surface area contributed by atoms with Crippen LogP contribution >= 0.6 is 24.0 Å². The Morgan fingerprint density at radius 3 is 2.21 bits per heavy atom. The van der Waals surface area contributed by atoms with Crippen molar-refractivity contribution in [3.05, 3.63) is 34.3 Å². The summed E-state index contributed by atoms with van der Waals surface area (Å²) in [6.45, 7) is 0.136. The van der Waals surface area contributed by atoms with Crippen LogP contribution in [0, 0.1) is 0 Å². The molecule has 1 aliphatic rings. The molecule has 1 aliphatic heterocycles. The predicted molar refractivity (Wildman–Crippen MR) is 82.9 cm³/mol. The minimum Gasteiger partial charge on any atom is -0.390 e. The SMILES string of the molecule is Cl.OCC(F)(F)[C@H](c1ccc(C(F)(F)F)c(Cl)c1)N1CCNCC1. The van der Waals surface area contributed by atoms with Gasteiger partial charge in [0, 0.05) is 26.2 Å². The molecule has 0 aromatic heterocycles. The summed E-state index contributed by atoms with van der Waals surface area (Å²) in [5.41, 5.74) is -1.13. The fourth-order valence-corrected chi connectivity index (χ4v) is 2.98. The van der Waals surface area contributed by atoms with Crippen LogP contribution in [-0.4, -0.2) is 48.7 Å². The van der Waals surface area contributed by atoms with Crippen molar-refractivity contribution in [2.45, 2.75) is 18.1 Å². The summed E-state index contributed by atoms with van der Waals surface area (Å²) in [4.78, 5) is 1.44. The average molecular weight is 395 g/mol. The van der Waals surface area contributed by atoms with Crippen molar-refractivity contribution in [1.82, 2.24) is 10.2 Å². The zero-order valence-corrected chi connectivity index (χ0v) is 14.0. The topological polar surface area (TPSA) is 35.5 Å². The standard InChI is InChI=1S/C14H16ClF5N2O.ClH/c15-11-7-9(1-2-10(11)14(18,19)20)12(13(16,17)8-23)22-5-3-21-4-6-22;/h1-2,7,12,21,23H,3-6,8H2;1H/t12-;/m0./s1. The Labute approximate surface area is 147 Å². The molecule has 0 unspecified atom stereocenters. The number of piperazine rings is 1. The van der Waals surface area contributed by atoms with Gasteiger partial charge in [-0.3, -0.25) is 4.90 Å². The highest BCUT2D eigenvalue weighted by Crippen LogP contribution is 2.40. The number of aliphatic hydroxyl groups excluding tert-OH is 1. The van der Waals surface area contributed by atoms with Crippen LogP contribution in [0.5, 0.6) is 0 Å². The first-order valence-corrected chi connectivity index (χ1v) is 7.34. The van der Waals surface area contributed by atoms with Gasteiger partial charge in [0.2, 0.25) is 0 Å². The van der Waals surface area contributed by atoms with Gasteiger partial charge in [0.05, 0.1) is 10.6 Å². The van der Waals surface area contributed by atoms with Crippen molar-refractivity contribution in [3.63, 3.8) is 0 Å². The summed E-state index contributed by atoms with van der Waals surface area (Å²) in [6, 6.07) is 1.06. The fraction of sp³-hybridized carbons (Fsp3) is 0.571. The van der Waals surface area contributed by atoms with Crippen molar-refractivity contribution in [2.75, 3.05) is 32.8 Å². The molecule has 2 rings (SSSR count). The van der Waals surface area contributed by atoms with Gasteiger partial charge in [0.15, 0.2) is 0 Å². The smallest absolute Gasteiger partial charge is 0.390 e. The molecule has 0 bridgehead atoms. The molecule has 1 heterocycles. The monoisotopic (exact) mass is 394 g/mol. The molecule has 3 nitrogen and oxygen atoms in total. The van der Waals surface area contributed by atoms with E-state index in [2.05, 4.69) is 5.32 Å². The number of nitrogens with zero attached hydrogens (tertiary/aromatic N) is 1. The second-order valence-corrected chi connectivity index (χ2v) is 5.75. The Morgan fingerprint density at radius 1 is 1.17 bits per heavy atom. The molecular weight excluding hydrogens is 378 g/mol. The van der Waals surface area contributed by atoms with E-state index >= 15 is 0 Å². The predicted octanol–water partition coefficient (Wildman–Crippen LogP) is 3.35. The Bertz CT molecular complexity index is 550. The molecule has 24 heavy (non-hydrogen) atoms. The number of rotatable bonds is 4. The Hall–Kier alpha value is -0.670. The molecule has 2 N–H and O–H groups in total. The maximum atomic E-state index is 14.2. The van der Waals surface area contributed by atoms with Gasteiger partial charge in [-0.2, -0.15) is 13.2 Å². The zero-order valence-electron chi connectivity index (χ0n) is 12.4. The highest BCUT2D eigenvalue weighted by molar-refractivity contribution is 6.31. The van der Waals surface area contributed by atoms with Gasteiger partial charge in [-0.05, 0) is 17.7 Å². The van der Waals surface area contributed by atoms with Crippen LogP contribution in [0.1, 0.15) is 17.2 Å². The zero-order chi connectivity index (χ0) is 17.3. The van der Waals surface area contributed by atoms with Gasteiger partial charge in [-0.1, -0.05) is 17.7 Å². The normalized spacial score (nSPS) is 18.1. The molecule has 1 atom stereocenters. The van der Waals surface area contributed by atoms with Gasteiger partial charge in [0.25, 0.3) is 5.92 Å². The summed E-state index contributed by atoms with van der Waals surface area (Å²) >= 11 is 5.63. The van der Waals surface area contributed by atoms with E-state index in [4.69, 9.17) is 16.7 Å². The molecule has 10 heteroatoms. The van der Waals surface area contributed by atoms with Crippen LogP contribution in [0.4, 0.5) is 22.0 Å². The highest BCUT2D eigenvalue weighted by atomic mass is 35.5. The Balaban J connectivity index is 0.00000288. The number of halogens is 7.